The van der Waals surface area contributed by atoms with E-state index in [0.29, 0.717) is 22.9 Å². The third-order valence-electron chi connectivity index (χ3n) is 4.73. The zero-order valence-electron chi connectivity index (χ0n) is 17.3. The number of para-hydroxylation sites is 1. The SMILES string of the molecule is CCCCCCCOc1ccccc1/C=C1\N=C(c2cc(Cl)ccc2OC)OC1=O. The van der Waals surface area contributed by atoms with Crippen LogP contribution in [0.1, 0.15) is 50.2 Å². The molecule has 2 aromatic carbocycles. The Morgan fingerprint density at radius 2 is 1.87 bits per heavy atom. The summed E-state index contributed by atoms with van der Waals surface area (Å²) in [6.07, 6.45) is 7.53. The Morgan fingerprint density at radius 3 is 2.67 bits per heavy atom. The van der Waals surface area contributed by atoms with E-state index in [1.807, 2.05) is 24.3 Å². The van der Waals surface area contributed by atoms with Gasteiger partial charge in [0.15, 0.2) is 5.70 Å². The van der Waals surface area contributed by atoms with Crippen LogP contribution < -0.4 is 9.47 Å². The highest BCUT2D eigenvalue weighted by Gasteiger charge is 2.26. The van der Waals surface area contributed by atoms with Crippen LogP contribution in [0.2, 0.25) is 5.02 Å². The Morgan fingerprint density at radius 1 is 1.07 bits per heavy atom. The van der Waals surface area contributed by atoms with Crippen LogP contribution in [0, 0.1) is 0 Å². The number of halogens is 1. The average Bonchev–Trinajstić information content (AvgIpc) is 3.12. The van der Waals surface area contributed by atoms with Crippen molar-refractivity contribution in [2.24, 2.45) is 4.99 Å². The van der Waals surface area contributed by atoms with E-state index in [4.69, 9.17) is 25.8 Å². The van der Waals surface area contributed by atoms with Gasteiger partial charge in [-0.1, -0.05) is 62.4 Å². The molecule has 0 spiro atoms. The van der Waals surface area contributed by atoms with Crippen molar-refractivity contribution in [1.29, 1.82) is 0 Å². The van der Waals surface area contributed by atoms with Crippen LogP contribution in [-0.4, -0.2) is 25.6 Å². The lowest BCUT2D eigenvalue weighted by molar-refractivity contribution is -0.129. The van der Waals surface area contributed by atoms with Crippen molar-refractivity contribution < 1.29 is 19.0 Å². The quantitative estimate of drug-likeness (QED) is 0.263. The first-order valence-corrected chi connectivity index (χ1v) is 10.6. The number of unbranched alkanes of at least 4 members (excludes halogenated alkanes) is 4. The summed E-state index contributed by atoms with van der Waals surface area (Å²) in [5.41, 5.74) is 1.51. The molecule has 5 nitrogen and oxygen atoms in total. The van der Waals surface area contributed by atoms with E-state index in [2.05, 4.69) is 11.9 Å². The van der Waals surface area contributed by atoms with Gasteiger partial charge in [-0.05, 0) is 36.8 Å². The summed E-state index contributed by atoms with van der Waals surface area (Å²) in [6.45, 7) is 2.84. The molecular weight excluding hydrogens is 402 g/mol. The van der Waals surface area contributed by atoms with Crippen LogP contribution in [0.5, 0.6) is 11.5 Å². The first-order valence-electron chi connectivity index (χ1n) is 10.2. The predicted octanol–water partition coefficient (Wildman–Crippen LogP) is 6.04. The molecule has 2 aromatic rings. The van der Waals surface area contributed by atoms with Gasteiger partial charge in [0, 0.05) is 10.6 Å². The number of hydrogen-bond acceptors (Lipinski definition) is 5. The normalized spacial score (nSPS) is 14.6. The van der Waals surface area contributed by atoms with Crippen molar-refractivity contribution >= 4 is 29.5 Å². The molecule has 1 aliphatic rings. The molecule has 0 bridgehead atoms. The van der Waals surface area contributed by atoms with Gasteiger partial charge in [0.25, 0.3) is 0 Å². The zero-order valence-corrected chi connectivity index (χ0v) is 18.1. The second kappa shape index (κ2) is 10.8. The van der Waals surface area contributed by atoms with Gasteiger partial charge in [0.2, 0.25) is 5.90 Å². The maximum absolute atomic E-state index is 12.4. The number of benzene rings is 2. The Hall–Kier alpha value is -2.79. The van der Waals surface area contributed by atoms with Crippen LogP contribution in [0.15, 0.2) is 53.2 Å². The minimum atomic E-state index is -0.526. The van der Waals surface area contributed by atoms with Crippen molar-refractivity contribution in [3.8, 4) is 11.5 Å². The summed E-state index contributed by atoms with van der Waals surface area (Å²) in [7, 11) is 1.54. The topological polar surface area (TPSA) is 57.1 Å². The molecule has 158 valence electrons. The van der Waals surface area contributed by atoms with Gasteiger partial charge in [0.05, 0.1) is 19.3 Å². The Labute approximate surface area is 182 Å². The highest BCUT2D eigenvalue weighted by atomic mass is 35.5. The predicted molar refractivity (Wildman–Crippen MR) is 119 cm³/mol. The molecule has 0 radical (unpaired) electrons. The molecule has 0 N–H and O–H groups in total. The minimum absolute atomic E-state index is 0.167. The summed E-state index contributed by atoms with van der Waals surface area (Å²) < 4.78 is 16.6. The summed E-state index contributed by atoms with van der Waals surface area (Å²) in [4.78, 5) is 16.8. The van der Waals surface area contributed by atoms with E-state index in [1.165, 1.54) is 26.4 Å². The van der Waals surface area contributed by atoms with E-state index >= 15 is 0 Å². The highest BCUT2D eigenvalue weighted by Crippen LogP contribution is 2.29. The number of ether oxygens (including phenoxy) is 3. The van der Waals surface area contributed by atoms with Gasteiger partial charge < -0.3 is 14.2 Å². The van der Waals surface area contributed by atoms with E-state index in [-0.39, 0.29) is 11.6 Å². The molecule has 6 heteroatoms. The van der Waals surface area contributed by atoms with Crippen LogP contribution in [0.25, 0.3) is 6.08 Å². The number of aliphatic imine (C=N–C) groups is 1. The Bertz CT molecular complexity index is 952. The van der Waals surface area contributed by atoms with Gasteiger partial charge in [-0.3, -0.25) is 0 Å². The van der Waals surface area contributed by atoms with E-state index in [0.717, 1.165) is 24.2 Å². The van der Waals surface area contributed by atoms with Crippen molar-refractivity contribution in [2.45, 2.75) is 39.0 Å². The number of rotatable bonds is 10. The monoisotopic (exact) mass is 427 g/mol. The maximum atomic E-state index is 12.4. The van der Waals surface area contributed by atoms with Crippen LogP contribution in [-0.2, 0) is 9.53 Å². The van der Waals surface area contributed by atoms with E-state index in [1.54, 1.807) is 24.3 Å². The lowest BCUT2D eigenvalue weighted by Gasteiger charge is -2.09. The molecule has 1 heterocycles. The molecule has 0 aliphatic carbocycles. The van der Waals surface area contributed by atoms with Crippen molar-refractivity contribution in [3.63, 3.8) is 0 Å². The van der Waals surface area contributed by atoms with Gasteiger partial charge in [0.1, 0.15) is 11.5 Å². The van der Waals surface area contributed by atoms with Crippen molar-refractivity contribution in [1.82, 2.24) is 0 Å². The molecule has 0 saturated heterocycles. The number of cyclic esters (lactones) is 1. The average molecular weight is 428 g/mol. The second-order valence-corrected chi connectivity index (χ2v) is 7.42. The van der Waals surface area contributed by atoms with Gasteiger partial charge in [-0.2, -0.15) is 0 Å². The molecule has 0 fully saturated rings. The standard InChI is InChI=1S/C24H26ClNO4/c1-3-4-5-6-9-14-29-21-11-8-7-10-17(21)15-20-24(27)30-23(26-20)19-16-18(25)12-13-22(19)28-2/h7-8,10-13,15-16H,3-6,9,14H2,1-2H3/b20-15-. The van der Waals surface area contributed by atoms with Gasteiger partial charge >= 0.3 is 5.97 Å². The first-order chi connectivity index (χ1) is 14.6. The number of esters is 1. The fraction of sp³-hybridized carbons (Fsp3) is 0.333. The summed E-state index contributed by atoms with van der Waals surface area (Å²) >= 11 is 6.08. The van der Waals surface area contributed by atoms with Crippen LogP contribution >= 0.6 is 11.6 Å². The van der Waals surface area contributed by atoms with Crippen molar-refractivity contribution in [2.75, 3.05) is 13.7 Å². The number of carbonyl (C=O) groups excluding carboxylic acids is 1. The van der Waals surface area contributed by atoms with E-state index < -0.39 is 5.97 Å². The fourth-order valence-electron chi connectivity index (χ4n) is 3.14. The summed E-state index contributed by atoms with van der Waals surface area (Å²) in [5.74, 6) is 0.887. The van der Waals surface area contributed by atoms with Crippen molar-refractivity contribution in [3.05, 3.63) is 64.3 Å². The molecule has 30 heavy (non-hydrogen) atoms. The molecule has 0 aromatic heterocycles. The molecular formula is C24H26ClNO4. The Balaban J connectivity index is 1.77. The third kappa shape index (κ3) is 5.63. The maximum Gasteiger partial charge on any atom is 0.363 e. The summed E-state index contributed by atoms with van der Waals surface area (Å²) in [6, 6.07) is 12.7. The lowest BCUT2D eigenvalue weighted by atomic mass is 10.1. The third-order valence-corrected chi connectivity index (χ3v) is 4.96. The smallest absolute Gasteiger partial charge is 0.363 e. The number of carbonyl (C=O) groups is 1. The molecule has 0 saturated carbocycles. The lowest BCUT2D eigenvalue weighted by Crippen LogP contribution is -2.07. The number of nitrogens with zero attached hydrogens (tertiary/aromatic N) is 1. The largest absolute Gasteiger partial charge is 0.496 e. The fourth-order valence-corrected chi connectivity index (χ4v) is 3.31. The van der Waals surface area contributed by atoms with Gasteiger partial charge in [-0.15, -0.1) is 0 Å². The number of hydrogen-bond donors (Lipinski definition) is 0. The molecule has 0 atom stereocenters. The zero-order chi connectivity index (χ0) is 21.3. The van der Waals surface area contributed by atoms with Crippen LogP contribution in [0.3, 0.4) is 0 Å². The molecule has 0 amide bonds. The first kappa shape index (κ1) is 21.9. The van der Waals surface area contributed by atoms with E-state index in [9.17, 15) is 4.79 Å². The minimum Gasteiger partial charge on any atom is -0.496 e. The number of methoxy groups -OCH3 is 1. The highest BCUT2D eigenvalue weighted by molar-refractivity contribution is 6.31. The molecule has 0 unspecified atom stereocenters. The summed E-state index contributed by atoms with van der Waals surface area (Å²) in [5, 5.41) is 0.500. The Kier molecular flexibility index (Phi) is 7.91. The van der Waals surface area contributed by atoms with Crippen LogP contribution in [0.4, 0.5) is 0 Å². The molecule has 3 rings (SSSR count). The van der Waals surface area contributed by atoms with Gasteiger partial charge in [-0.25, -0.2) is 9.79 Å². The molecule has 1 aliphatic heterocycles. The second-order valence-electron chi connectivity index (χ2n) is 6.98.